The van der Waals surface area contributed by atoms with Crippen LogP contribution >= 0.6 is 0 Å². The number of fused-ring (bicyclic) bond motifs is 1. The van der Waals surface area contributed by atoms with Gasteiger partial charge in [0, 0.05) is 18.0 Å². The monoisotopic (exact) mass is 290 g/mol. The lowest BCUT2D eigenvalue weighted by molar-refractivity contribution is -0.122. The summed E-state index contributed by atoms with van der Waals surface area (Å²) >= 11 is 0. The Bertz CT molecular complexity index is 524. The molecule has 0 saturated heterocycles. The fourth-order valence-corrected chi connectivity index (χ4v) is 3.18. The summed E-state index contributed by atoms with van der Waals surface area (Å²) in [5.74, 6) is 1.53. The molecular formula is C16H22N2O3. The molecule has 0 bridgehead atoms. The van der Waals surface area contributed by atoms with Crippen LogP contribution in [0.5, 0.6) is 11.5 Å². The highest BCUT2D eigenvalue weighted by molar-refractivity contribution is 5.76. The van der Waals surface area contributed by atoms with Gasteiger partial charge in [-0.2, -0.15) is 0 Å². The van der Waals surface area contributed by atoms with Gasteiger partial charge in [-0.15, -0.1) is 0 Å². The summed E-state index contributed by atoms with van der Waals surface area (Å²) in [7, 11) is 0. The zero-order valence-electron chi connectivity index (χ0n) is 12.3. The number of rotatable bonds is 4. The molecule has 5 heteroatoms. The van der Waals surface area contributed by atoms with Gasteiger partial charge in [-0.3, -0.25) is 4.79 Å². The highest BCUT2D eigenvalue weighted by atomic mass is 16.7. The molecule has 1 atom stereocenters. The highest BCUT2D eigenvalue weighted by Gasteiger charge is 2.26. The lowest BCUT2D eigenvalue weighted by atomic mass is 9.85. The Labute approximate surface area is 124 Å². The van der Waals surface area contributed by atoms with Crippen molar-refractivity contribution < 1.29 is 14.3 Å². The summed E-state index contributed by atoms with van der Waals surface area (Å²) in [6, 6.07) is 6.75. The second kappa shape index (κ2) is 5.93. The molecule has 1 saturated carbocycles. The first-order valence-electron chi connectivity index (χ1n) is 7.58. The molecule has 2 aliphatic rings. The zero-order valence-corrected chi connectivity index (χ0v) is 12.3. The summed E-state index contributed by atoms with van der Waals surface area (Å²) in [4.78, 5) is 11.2. The topological polar surface area (TPSA) is 73.6 Å². The molecule has 1 aliphatic carbocycles. The van der Waals surface area contributed by atoms with Crippen LogP contribution in [-0.2, 0) is 4.79 Å². The Kier molecular flexibility index (Phi) is 4.01. The van der Waals surface area contributed by atoms with Gasteiger partial charge in [0.2, 0.25) is 12.7 Å². The van der Waals surface area contributed by atoms with Crippen molar-refractivity contribution in [3.8, 4) is 11.5 Å². The Balaban J connectivity index is 1.57. The molecule has 1 aromatic rings. The van der Waals surface area contributed by atoms with Crippen molar-refractivity contribution in [2.24, 2.45) is 11.7 Å². The van der Waals surface area contributed by atoms with Crippen LogP contribution in [0.15, 0.2) is 18.2 Å². The number of primary amides is 1. The average molecular weight is 290 g/mol. The number of carbonyl (C=O) groups excluding carboxylic acids is 1. The van der Waals surface area contributed by atoms with Crippen LogP contribution in [0.2, 0.25) is 0 Å². The van der Waals surface area contributed by atoms with Crippen LogP contribution in [0.1, 0.15) is 44.2 Å². The van der Waals surface area contributed by atoms with E-state index < -0.39 is 0 Å². The number of benzene rings is 1. The molecular weight excluding hydrogens is 268 g/mol. The maximum atomic E-state index is 11.2. The second-order valence-corrected chi connectivity index (χ2v) is 5.95. The Morgan fingerprint density at radius 1 is 1.24 bits per heavy atom. The zero-order chi connectivity index (χ0) is 14.8. The second-order valence-electron chi connectivity index (χ2n) is 5.95. The molecule has 1 unspecified atom stereocenters. The van der Waals surface area contributed by atoms with Crippen LogP contribution in [-0.4, -0.2) is 18.7 Å². The number of amides is 1. The normalized spacial score (nSPS) is 25.6. The van der Waals surface area contributed by atoms with E-state index in [2.05, 4.69) is 18.3 Å². The van der Waals surface area contributed by atoms with Crippen LogP contribution in [0, 0.1) is 5.92 Å². The Morgan fingerprint density at radius 2 is 1.95 bits per heavy atom. The van der Waals surface area contributed by atoms with Gasteiger partial charge in [0.1, 0.15) is 0 Å². The molecule has 1 fully saturated rings. The van der Waals surface area contributed by atoms with E-state index in [1.54, 1.807) is 0 Å². The first kappa shape index (κ1) is 14.2. The van der Waals surface area contributed by atoms with Gasteiger partial charge in [-0.25, -0.2) is 0 Å². The standard InChI is InChI=1S/C16H22N2O3/c1-10(12-4-7-14-15(8-12)21-9-20-14)18-13-5-2-11(3-6-13)16(17)19/h4,7-8,10-11,13,18H,2-3,5-6,9H2,1H3,(H2,17,19). The molecule has 3 rings (SSSR count). The van der Waals surface area contributed by atoms with E-state index >= 15 is 0 Å². The number of carbonyl (C=O) groups is 1. The first-order valence-corrected chi connectivity index (χ1v) is 7.58. The summed E-state index contributed by atoms with van der Waals surface area (Å²) in [5, 5.41) is 3.64. The van der Waals surface area contributed by atoms with Gasteiger partial charge < -0.3 is 20.5 Å². The van der Waals surface area contributed by atoms with Gasteiger partial charge in [-0.05, 0) is 50.3 Å². The lowest BCUT2D eigenvalue weighted by Crippen LogP contribution is -2.37. The predicted molar refractivity (Wildman–Crippen MR) is 79.1 cm³/mol. The molecule has 1 amide bonds. The summed E-state index contributed by atoms with van der Waals surface area (Å²) in [6.07, 6.45) is 3.78. The number of hydrogen-bond donors (Lipinski definition) is 2. The van der Waals surface area contributed by atoms with Crippen LogP contribution in [0.3, 0.4) is 0 Å². The number of ether oxygens (including phenoxy) is 2. The van der Waals surface area contributed by atoms with Crippen molar-refractivity contribution in [1.29, 1.82) is 0 Å². The Hall–Kier alpha value is -1.75. The maximum absolute atomic E-state index is 11.2. The molecule has 1 aliphatic heterocycles. The van der Waals surface area contributed by atoms with Crippen LogP contribution in [0.25, 0.3) is 0 Å². The molecule has 0 radical (unpaired) electrons. The summed E-state index contributed by atoms with van der Waals surface area (Å²) in [5.41, 5.74) is 6.56. The fraction of sp³-hybridized carbons (Fsp3) is 0.562. The maximum Gasteiger partial charge on any atom is 0.231 e. The molecule has 21 heavy (non-hydrogen) atoms. The molecule has 1 heterocycles. The third-order valence-corrected chi connectivity index (χ3v) is 4.51. The third kappa shape index (κ3) is 3.13. The minimum atomic E-state index is -0.155. The van der Waals surface area contributed by atoms with E-state index in [0.717, 1.165) is 37.2 Å². The van der Waals surface area contributed by atoms with Crippen molar-refractivity contribution in [2.45, 2.75) is 44.7 Å². The van der Waals surface area contributed by atoms with Crippen molar-refractivity contribution in [1.82, 2.24) is 5.32 Å². The van der Waals surface area contributed by atoms with Crippen LogP contribution in [0.4, 0.5) is 0 Å². The van der Waals surface area contributed by atoms with Crippen LogP contribution < -0.4 is 20.5 Å². The van der Waals surface area contributed by atoms with E-state index in [1.165, 1.54) is 5.56 Å². The van der Waals surface area contributed by atoms with Gasteiger partial charge >= 0.3 is 0 Å². The average Bonchev–Trinajstić information content (AvgIpc) is 2.95. The summed E-state index contributed by atoms with van der Waals surface area (Å²) in [6.45, 7) is 2.45. The molecule has 0 aromatic heterocycles. The number of nitrogens with one attached hydrogen (secondary N) is 1. The van der Waals surface area contributed by atoms with Crippen molar-refractivity contribution in [3.05, 3.63) is 23.8 Å². The molecule has 3 N–H and O–H groups in total. The van der Waals surface area contributed by atoms with E-state index in [1.807, 2.05) is 12.1 Å². The quantitative estimate of drug-likeness (QED) is 0.890. The smallest absolute Gasteiger partial charge is 0.231 e. The minimum Gasteiger partial charge on any atom is -0.454 e. The van der Waals surface area contributed by atoms with E-state index in [9.17, 15) is 4.79 Å². The van der Waals surface area contributed by atoms with Gasteiger partial charge in [-0.1, -0.05) is 6.07 Å². The number of hydrogen-bond acceptors (Lipinski definition) is 4. The van der Waals surface area contributed by atoms with Crippen molar-refractivity contribution in [3.63, 3.8) is 0 Å². The largest absolute Gasteiger partial charge is 0.454 e. The molecule has 0 spiro atoms. The molecule has 1 aromatic carbocycles. The summed E-state index contributed by atoms with van der Waals surface area (Å²) < 4.78 is 10.7. The molecule has 5 nitrogen and oxygen atoms in total. The van der Waals surface area contributed by atoms with Gasteiger partial charge in [0.05, 0.1) is 0 Å². The molecule has 114 valence electrons. The predicted octanol–water partition coefficient (Wildman–Crippen LogP) is 2.11. The lowest BCUT2D eigenvalue weighted by Gasteiger charge is -2.30. The van der Waals surface area contributed by atoms with Gasteiger partial charge in [0.25, 0.3) is 0 Å². The minimum absolute atomic E-state index is 0.0592. The van der Waals surface area contributed by atoms with Crippen molar-refractivity contribution >= 4 is 5.91 Å². The highest BCUT2D eigenvalue weighted by Crippen LogP contribution is 2.34. The number of nitrogens with two attached hydrogens (primary N) is 1. The first-order chi connectivity index (χ1) is 10.1. The van der Waals surface area contributed by atoms with Gasteiger partial charge in [0.15, 0.2) is 11.5 Å². The van der Waals surface area contributed by atoms with E-state index in [0.29, 0.717) is 12.8 Å². The van der Waals surface area contributed by atoms with Crippen molar-refractivity contribution in [2.75, 3.05) is 6.79 Å². The third-order valence-electron chi connectivity index (χ3n) is 4.51. The fourth-order valence-electron chi connectivity index (χ4n) is 3.18. The Morgan fingerprint density at radius 3 is 2.67 bits per heavy atom. The SMILES string of the molecule is CC(NC1CCC(C(N)=O)CC1)c1ccc2c(c1)OCO2. The van der Waals surface area contributed by atoms with E-state index in [4.69, 9.17) is 15.2 Å². The van der Waals surface area contributed by atoms with E-state index in [-0.39, 0.29) is 17.9 Å².